The molecule has 118 valence electrons. The van der Waals surface area contributed by atoms with E-state index in [4.69, 9.17) is 4.74 Å². The Bertz CT molecular complexity index is 558. The van der Waals surface area contributed by atoms with Crippen molar-refractivity contribution in [2.45, 2.75) is 39.0 Å². The normalized spacial score (nSPS) is 27.0. The van der Waals surface area contributed by atoms with E-state index < -0.39 is 0 Å². The van der Waals surface area contributed by atoms with Gasteiger partial charge >= 0.3 is 6.09 Å². The molecule has 5 nitrogen and oxygen atoms in total. The van der Waals surface area contributed by atoms with Crippen LogP contribution >= 0.6 is 0 Å². The molecule has 1 aromatic carbocycles. The van der Waals surface area contributed by atoms with Crippen LogP contribution in [0.4, 0.5) is 4.79 Å². The number of hydrogen-bond donors (Lipinski definition) is 1. The number of benzene rings is 1. The second-order valence-electron chi connectivity index (χ2n) is 6.40. The molecular formula is C17H22N2O3. The molecule has 3 atom stereocenters. The van der Waals surface area contributed by atoms with Crippen LogP contribution in [-0.2, 0) is 16.1 Å². The first kappa shape index (κ1) is 14.9. The number of nitrogens with zero attached hydrogens (tertiary/aromatic N) is 1. The summed E-state index contributed by atoms with van der Waals surface area (Å²) in [5.74, 6) is 0.125. The van der Waals surface area contributed by atoms with E-state index in [-0.39, 0.29) is 42.5 Å². The molecule has 22 heavy (non-hydrogen) atoms. The zero-order valence-electron chi connectivity index (χ0n) is 13.0. The van der Waals surface area contributed by atoms with Crippen molar-refractivity contribution >= 4 is 12.0 Å². The average molecular weight is 302 g/mol. The summed E-state index contributed by atoms with van der Waals surface area (Å²) in [6.07, 6.45) is 0.485. The predicted molar refractivity (Wildman–Crippen MR) is 82.0 cm³/mol. The molecule has 0 saturated carbocycles. The van der Waals surface area contributed by atoms with Crippen molar-refractivity contribution in [2.24, 2.45) is 11.8 Å². The van der Waals surface area contributed by atoms with Gasteiger partial charge in [-0.1, -0.05) is 44.2 Å². The first-order chi connectivity index (χ1) is 10.6. The smallest absolute Gasteiger partial charge is 0.410 e. The lowest BCUT2D eigenvalue weighted by Crippen LogP contribution is -2.44. The highest BCUT2D eigenvalue weighted by molar-refractivity contribution is 5.84. The fourth-order valence-corrected chi connectivity index (χ4v) is 3.56. The zero-order valence-corrected chi connectivity index (χ0v) is 13.0. The maximum absolute atomic E-state index is 12.4. The Morgan fingerprint density at radius 1 is 1.36 bits per heavy atom. The van der Waals surface area contributed by atoms with Gasteiger partial charge in [-0.3, -0.25) is 4.79 Å². The number of hydrogen-bond acceptors (Lipinski definition) is 3. The summed E-state index contributed by atoms with van der Waals surface area (Å²) >= 11 is 0. The van der Waals surface area contributed by atoms with Crippen LogP contribution in [0.3, 0.4) is 0 Å². The van der Waals surface area contributed by atoms with Gasteiger partial charge in [0.1, 0.15) is 6.61 Å². The largest absolute Gasteiger partial charge is 0.445 e. The second kappa shape index (κ2) is 5.99. The van der Waals surface area contributed by atoms with Crippen LogP contribution in [0.25, 0.3) is 0 Å². The predicted octanol–water partition coefficient (Wildman–Crippen LogP) is 2.17. The summed E-state index contributed by atoms with van der Waals surface area (Å²) in [4.78, 5) is 26.2. The molecule has 2 saturated heterocycles. The van der Waals surface area contributed by atoms with Gasteiger partial charge in [-0.05, 0) is 17.9 Å². The number of amides is 2. The fraction of sp³-hybridized carbons (Fsp3) is 0.529. The lowest BCUT2D eigenvalue weighted by molar-refractivity contribution is -0.124. The molecule has 5 heteroatoms. The Morgan fingerprint density at radius 3 is 2.77 bits per heavy atom. The van der Waals surface area contributed by atoms with Crippen LogP contribution in [0.2, 0.25) is 0 Å². The molecule has 2 heterocycles. The molecule has 1 aromatic rings. The molecule has 1 unspecified atom stereocenters. The number of fused-ring (bicyclic) bond motifs is 1. The van der Waals surface area contributed by atoms with Crippen LogP contribution in [0.1, 0.15) is 25.8 Å². The third-order valence-corrected chi connectivity index (χ3v) is 4.61. The van der Waals surface area contributed by atoms with Crippen molar-refractivity contribution in [1.82, 2.24) is 10.2 Å². The van der Waals surface area contributed by atoms with Gasteiger partial charge in [0.05, 0.1) is 18.0 Å². The van der Waals surface area contributed by atoms with Gasteiger partial charge < -0.3 is 15.0 Å². The highest BCUT2D eigenvalue weighted by Gasteiger charge is 2.51. The Labute approximate surface area is 130 Å². The molecule has 0 spiro atoms. The minimum Gasteiger partial charge on any atom is -0.445 e. The molecule has 2 amide bonds. The summed E-state index contributed by atoms with van der Waals surface area (Å²) in [5, 5.41) is 3.02. The number of rotatable bonds is 3. The molecular weight excluding hydrogens is 280 g/mol. The average Bonchev–Trinajstić information content (AvgIpc) is 3.03. The molecule has 0 bridgehead atoms. The van der Waals surface area contributed by atoms with Gasteiger partial charge in [-0.25, -0.2) is 4.79 Å². The SMILES string of the molecule is CC(C)C1C(=O)N[C@H]2CCN(C(=O)OCc3ccccc3)[C@H]12. The summed E-state index contributed by atoms with van der Waals surface area (Å²) in [7, 11) is 0. The molecule has 2 aliphatic heterocycles. The lowest BCUT2D eigenvalue weighted by atomic mass is 9.88. The van der Waals surface area contributed by atoms with E-state index in [1.807, 2.05) is 44.2 Å². The van der Waals surface area contributed by atoms with Crippen molar-refractivity contribution in [3.05, 3.63) is 35.9 Å². The van der Waals surface area contributed by atoms with E-state index in [1.165, 1.54) is 0 Å². The Balaban J connectivity index is 1.66. The van der Waals surface area contributed by atoms with E-state index >= 15 is 0 Å². The third-order valence-electron chi connectivity index (χ3n) is 4.61. The molecule has 1 N–H and O–H groups in total. The molecule has 2 fully saturated rings. The van der Waals surface area contributed by atoms with Crippen LogP contribution in [0, 0.1) is 11.8 Å². The van der Waals surface area contributed by atoms with Crippen molar-refractivity contribution in [1.29, 1.82) is 0 Å². The quantitative estimate of drug-likeness (QED) is 0.931. The molecule has 2 aliphatic rings. The monoisotopic (exact) mass is 302 g/mol. The van der Waals surface area contributed by atoms with E-state index in [0.29, 0.717) is 6.54 Å². The molecule has 0 aliphatic carbocycles. The first-order valence-electron chi connectivity index (χ1n) is 7.85. The van der Waals surface area contributed by atoms with Gasteiger partial charge in [0.25, 0.3) is 0 Å². The molecule has 3 rings (SSSR count). The van der Waals surface area contributed by atoms with Crippen molar-refractivity contribution in [3.8, 4) is 0 Å². The van der Waals surface area contributed by atoms with E-state index in [0.717, 1.165) is 12.0 Å². The minimum atomic E-state index is -0.321. The van der Waals surface area contributed by atoms with E-state index in [9.17, 15) is 9.59 Å². The minimum absolute atomic E-state index is 0.0607. The van der Waals surface area contributed by atoms with E-state index in [1.54, 1.807) is 4.90 Å². The van der Waals surface area contributed by atoms with Crippen molar-refractivity contribution < 1.29 is 14.3 Å². The number of nitrogens with one attached hydrogen (secondary N) is 1. The number of carbonyl (C=O) groups is 2. The van der Waals surface area contributed by atoms with Crippen LogP contribution < -0.4 is 5.32 Å². The highest BCUT2D eigenvalue weighted by Crippen LogP contribution is 2.34. The Morgan fingerprint density at radius 2 is 2.09 bits per heavy atom. The lowest BCUT2D eigenvalue weighted by Gasteiger charge is -2.28. The molecule has 0 aromatic heterocycles. The molecule has 0 radical (unpaired) electrons. The van der Waals surface area contributed by atoms with Crippen LogP contribution in [-0.4, -0.2) is 35.5 Å². The summed E-state index contributed by atoms with van der Waals surface area (Å²) in [6, 6.07) is 9.63. The van der Waals surface area contributed by atoms with Gasteiger partial charge in [-0.2, -0.15) is 0 Å². The number of likely N-dealkylation sites (tertiary alicyclic amines) is 1. The third kappa shape index (κ3) is 2.67. The fourth-order valence-electron chi connectivity index (χ4n) is 3.56. The van der Waals surface area contributed by atoms with Gasteiger partial charge in [0, 0.05) is 6.54 Å². The van der Waals surface area contributed by atoms with Crippen LogP contribution in [0.15, 0.2) is 30.3 Å². The second-order valence-corrected chi connectivity index (χ2v) is 6.40. The van der Waals surface area contributed by atoms with Crippen molar-refractivity contribution in [3.63, 3.8) is 0 Å². The summed E-state index contributed by atoms with van der Waals surface area (Å²) in [5.41, 5.74) is 0.965. The van der Waals surface area contributed by atoms with Gasteiger partial charge in [0.2, 0.25) is 5.91 Å². The van der Waals surface area contributed by atoms with Crippen LogP contribution in [0.5, 0.6) is 0 Å². The standard InChI is InChI=1S/C17H22N2O3/c1-11(2)14-15-13(18-16(14)20)8-9-19(15)17(21)22-10-12-6-4-3-5-7-12/h3-7,11,13-15H,8-10H2,1-2H3,(H,18,20)/t13-,14?,15-/m0/s1. The Hall–Kier alpha value is -2.04. The number of ether oxygens (including phenoxy) is 1. The maximum Gasteiger partial charge on any atom is 0.410 e. The van der Waals surface area contributed by atoms with Crippen molar-refractivity contribution in [2.75, 3.05) is 6.54 Å². The van der Waals surface area contributed by atoms with E-state index in [2.05, 4.69) is 5.32 Å². The maximum atomic E-state index is 12.4. The summed E-state index contributed by atoms with van der Waals surface area (Å²) in [6.45, 7) is 4.96. The highest BCUT2D eigenvalue weighted by atomic mass is 16.6. The zero-order chi connectivity index (χ0) is 15.7. The Kier molecular flexibility index (Phi) is 4.05. The summed E-state index contributed by atoms with van der Waals surface area (Å²) < 4.78 is 5.43. The topological polar surface area (TPSA) is 58.6 Å². The van der Waals surface area contributed by atoms with Gasteiger partial charge in [0.15, 0.2) is 0 Å². The first-order valence-corrected chi connectivity index (χ1v) is 7.85. The van der Waals surface area contributed by atoms with Gasteiger partial charge in [-0.15, -0.1) is 0 Å². The number of carbonyl (C=O) groups excluding carboxylic acids is 2.